The zero-order valence-electron chi connectivity index (χ0n) is 20.5. The molecule has 1 aromatic heterocycles. The molecule has 1 fully saturated rings. The van der Waals surface area contributed by atoms with Gasteiger partial charge < -0.3 is 29.6 Å². The summed E-state index contributed by atoms with van der Waals surface area (Å²) in [6.45, 7) is 2.72. The lowest BCUT2D eigenvalue weighted by Crippen LogP contribution is -2.52. The van der Waals surface area contributed by atoms with Crippen LogP contribution < -0.4 is 20.7 Å². The third-order valence-electron chi connectivity index (χ3n) is 6.63. The molecule has 5 rings (SSSR count). The molecular weight excluding hydrogens is 462 g/mol. The third-order valence-corrected chi connectivity index (χ3v) is 6.63. The number of likely N-dealkylation sites (N-methyl/N-ethyl adjacent to an activating group) is 1. The molecule has 2 aliphatic heterocycles. The van der Waals surface area contributed by atoms with Gasteiger partial charge in [-0.25, -0.2) is 4.79 Å². The van der Waals surface area contributed by atoms with Crippen LogP contribution in [0, 0.1) is 0 Å². The largest absolute Gasteiger partial charge is 0.497 e. The maximum Gasteiger partial charge on any atom is 0.322 e. The van der Waals surface area contributed by atoms with E-state index in [1.54, 1.807) is 30.2 Å². The molecule has 0 saturated carbocycles. The number of hydrogen-bond donors (Lipinski definition) is 3. The zero-order chi connectivity index (χ0) is 25.4. The molecule has 1 atom stereocenters. The molecule has 3 aromatic rings. The van der Waals surface area contributed by atoms with Gasteiger partial charge in [0.05, 0.1) is 13.7 Å². The monoisotopic (exact) mass is 491 g/mol. The SMILES string of the molecule is COc1ccc2c(c1)C(=O)N(C[C@@]1(c3cc4cc(CNCCN(C)C)ccc4o3)NC(=O)NC1=O)C2. The van der Waals surface area contributed by atoms with E-state index in [9.17, 15) is 14.4 Å². The Kier molecular flexibility index (Phi) is 6.15. The van der Waals surface area contributed by atoms with Gasteiger partial charge in [0.15, 0.2) is 5.54 Å². The first kappa shape index (κ1) is 23.8. The number of fused-ring (bicyclic) bond motifs is 2. The summed E-state index contributed by atoms with van der Waals surface area (Å²) in [7, 11) is 5.60. The molecule has 10 heteroatoms. The molecule has 2 aromatic carbocycles. The van der Waals surface area contributed by atoms with E-state index in [1.165, 1.54) is 0 Å². The minimum Gasteiger partial charge on any atom is -0.497 e. The number of amides is 4. The van der Waals surface area contributed by atoms with Crippen LogP contribution in [-0.2, 0) is 23.4 Å². The van der Waals surface area contributed by atoms with Crippen molar-refractivity contribution in [2.45, 2.75) is 18.6 Å². The van der Waals surface area contributed by atoms with Gasteiger partial charge in [-0.2, -0.15) is 0 Å². The van der Waals surface area contributed by atoms with E-state index in [0.29, 0.717) is 30.0 Å². The Balaban J connectivity index is 1.42. The Morgan fingerprint density at radius 1 is 1.14 bits per heavy atom. The van der Waals surface area contributed by atoms with Crippen molar-refractivity contribution < 1.29 is 23.5 Å². The van der Waals surface area contributed by atoms with Gasteiger partial charge >= 0.3 is 6.03 Å². The highest BCUT2D eigenvalue weighted by Crippen LogP contribution is 2.35. The number of nitrogens with zero attached hydrogens (tertiary/aromatic N) is 2. The number of urea groups is 1. The molecule has 3 N–H and O–H groups in total. The fraction of sp³-hybridized carbons (Fsp3) is 0.346. The number of carbonyl (C=O) groups excluding carboxylic acids is 3. The second kappa shape index (κ2) is 9.29. The molecule has 1 saturated heterocycles. The van der Waals surface area contributed by atoms with Crippen molar-refractivity contribution in [3.8, 4) is 5.75 Å². The van der Waals surface area contributed by atoms with Crippen molar-refractivity contribution in [3.05, 3.63) is 64.9 Å². The Labute approximate surface area is 208 Å². The van der Waals surface area contributed by atoms with E-state index in [4.69, 9.17) is 9.15 Å². The minimum absolute atomic E-state index is 0.0703. The van der Waals surface area contributed by atoms with Crippen molar-refractivity contribution in [3.63, 3.8) is 0 Å². The van der Waals surface area contributed by atoms with Crippen molar-refractivity contribution >= 4 is 28.8 Å². The standard InChI is InChI=1S/C26H29N5O5/c1-30(2)9-8-27-13-16-4-7-21-18(10-16)11-22(36-21)26(24(33)28-25(34)29-26)15-31-14-17-5-6-19(35-3)12-20(17)23(31)32/h4-7,10-12,27H,8-9,13-15H2,1-3H3,(H2,28,29,33,34)/t26-/m0/s1. The molecule has 3 heterocycles. The molecule has 4 amide bonds. The highest BCUT2D eigenvalue weighted by molar-refractivity contribution is 6.08. The van der Waals surface area contributed by atoms with Crippen molar-refractivity contribution in [2.24, 2.45) is 0 Å². The molecule has 10 nitrogen and oxygen atoms in total. The summed E-state index contributed by atoms with van der Waals surface area (Å²) in [6.07, 6.45) is 0. The first-order chi connectivity index (χ1) is 17.3. The number of methoxy groups -OCH3 is 1. The normalized spacial score (nSPS) is 19.2. The number of benzene rings is 2. The second-order valence-corrected chi connectivity index (χ2v) is 9.46. The maximum atomic E-state index is 13.2. The fourth-order valence-electron chi connectivity index (χ4n) is 4.68. The van der Waals surface area contributed by atoms with Gasteiger partial charge in [0, 0.05) is 37.1 Å². The van der Waals surface area contributed by atoms with Crippen molar-refractivity contribution in [1.29, 1.82) is 0 Å². The number of ether oxygens (including phenoxy) is 1. The smallest absolute Gasteiger partial charge is 0.322 e. The number of hydrogen-bond acceptors (Lipinski definition) is 7. The number of imide groups is 1. The molecule has 0 aliphatic carbocycles. The van der Waals surface area contributed by atoms with Crippen LogP contribution in [0.2, 0.25) is 0 Å². The van der Waals surface area contributed by atoms with Gasteiger partial charge in [0.2, 0.25) is 0 Å². The summed E-state index contributed by atoms with van der Waals surface area (Å²) in [4.78, 5) is 42.2. The molecule has 0 spiro atoms. The second-order valence-electron chi connectivity index (χ2n) is 9.46. The van der Waals surface area contributed by atoms with Gasteiger partial charge in [0.1, 0.15) is 17.1 Å². The highest BCUT2D eigenvalue weighted by atomic mass is 16.5. The Morgan fingerprint density at radius 3 is 2.69 bits per heavy atom. The van der Waals surface area contributed by atoms with Crippen LogP contribution in [0.5, 0.6) is 5.75 Å². The predicted octanol–water partition coefficient (Wildman–Crippen LogP) is 1.78. The minimum atomic E-state index is -1.54. The van der Waals surface area contributed by atoms with E-state index in [0.717, 1.165) is 29.6 Å². The summed E-state index contributed by atoms with van der Waals surface area (Å²) >= 11 is 0. The predicted molar refractivity (Wildman–Crippen MR) is 133 cm³/mol. The average molecular weight is 492 g/mol. The van der Waals surface area contributed by atoms with Gasteiger partial charge in [0.25, 0.3) is 11.8 Å². The average Bonchev–Trinajstić information content (AvgIpc) is 3.50. The fourth-order valence-corrected chi connectivity index (χ4v) is 4.68. The molecule has 0 radical (unpaired) electrons. The number of carbonyl (C=O) groups is 3. The van der Waals surface area contributed by atoms with Crippen LogP contribution >= 0.6 is 0 Å². The first-order valence-corrected chi connectivity index (χ1v) is 11.8. The van der Waals surface area contributed by atoms with Crippen molar-refractivity contribution in [1.82, 2.24) is 25.8 Å². The van der Waals surface area contributed by atoms with Crippen LogP contribution in [0.25, 0.3) is 11.0 Å². The van der Waals surface area contributed by atoms with Gasteiger partial charge in [-0.1, -0.05) is 12.1 Å². The van der Waals surface area contributed by atoms with E-state index in [2.05, 4.69) is 20.9 Å². The van der Waals surface area contributed by atoms with Gasteiger partial charge in [-0.3, -0.25) is 14.9 Å². The molecular formula is C26H29N5O5. The van der Waals surface area contributed by atoms with Crippen LogP contribution in [0.1, 0.15) is 27.2 Å². The molecule has 0 unspecified atom stereocenters. The van der Waals surface area contributed by atoms with Crippen LogP contribution in [0.4, 0.5) is 4.79 Å². The lowest BCUT2D eigenvalue weighted by atomic mass is 9.95. The molecule has 188 valence electrons. The van der Waals surface area contributed by atoms with Crippen molar-refractivity contribution in [2.75, 3.05) is 40.8 Å². The van der Waals surface area contributed by atoms with E-state index < -0.39 is 17.5 Å². The number of furan rings is 1. The van der Waals surface area contributed by atoms with E-state index >= 15 is 0 Å². The van der Waals surface area contributed by atoms with E-state index in [1.807, 2.05) is 38.4 Å². The third kappa shape index (κ3) is 4.29. The highest BCUT2D eigenvalue weighted by Gasteiger charge is 2.53. The van der Waals surface area contributed by atoms with Gasteiger partial charge in [-0.15, -0.1) is 0 Å². The summed E-state index contributed by atoms with van der Waals surface area (Å²) < 4.78 is 11.3. The Bertz CT molecular complexity index is 1350. The topological polar surface area (TPSA) is 116 Å². The number of nitrogens with one attached hydrogen (secondary N) is 3. The summed E-state index contributed by atoms with van der Waals surface area (Å²) in [5.41, 5.74) is 1.47. The van der Waals surface area contributed by atoms with Crippen LogP contribution in [0.3, 0.4) is 0 Å². The first-order valence-electron chi connectivity index (χ1n) is 11.8. The molecule has 2 aliphatic rings. The lowest BCUT2D eigenvalue weighted by Gasteiger charge is -2.29. The van der Waals surface area contributed by atoms with Crippen LogP contribution in [0.15, 0.2) is 46.9 Å². The van der Waals surface area contributed by atoms with E-state index in [-0.39, 0.29) is 18.2 Å². The number of rotatable bonds is 9. The molecule has 0 bridgehead atoms. The van der Waals surface area contributed by atoms with Crippen LogP contribution in [-0.4, -0.2) is 68.5 Å². The summed E-state index contributed by atoms with van der Waals surface area (Å²) in [5.74, 6) is 0.0626. The molecule has 36 heavy (non-hydrogen) atoms. The zero-order valence-corrected chi connectivity index (χ0v) is 20.5. The Hall–Kier alpha value is -3.89. The Morgan fingerprint density at radius 2 is 1.97 bits per heavy atom. The summed E-state index contributed by atoms with van der Waals surface area (Å²) in [6, 6.07) is 12.3. The quantitative estimate of drug-likeness (QED) is 0.309. The maximum absolute atomic E-state index is 13.2. The summed E-state index contributed by atoms with van der Waals surface area (Å²) in [5, 5.41) is 9.26. The van der Waals surface area contributed by atoms with Gasteiger partial charge in [-0.05, 0) is 55.6 Å². The lowest BCUT2D eigenvalue weighted by molar-refractivity contribution is -0.125.